The smallest absolute Gasteiger partial charge is 0.125 e. The van der Waals surface area contributed by atoms with E-state index in [1.807, 2.05) is 19.2 Å². The molecule has 0 bridgehead atoms. The Hall–Kier alpha value is -1.04. The summed E-state index contributed by atoms with van der Waals surface area (Å²) in [5.41, 5.74) is 1.12. The fourth-order valence-electron chi connectivity index (χ4n) is 2.71. The van der Waals surface area contributed by atoms with Crippen molar-refractivity contribution >= 4 is 0 Å². The average Bonchev–Trinajstić information content (AvgIpc) is 2.39. The summed E-state index contributed by atoms with van der Waals surface area (Å²) in [5, 5.41) is 9.81. The molecule has 1 aromatic rings. The summed E-state index contributed by atoms with van der Waals surface area (Å²) >= 11 is 0. The van der Waals surface area contributed by atoms with Gasteiger partial charge >= 0.3 is 0 Å². The second kappa shape index (κ2) is 6.93. The Morgan fingerprint density at radius 1 is 1.58 bits per heavy atom. The van der Waals surface area contributed by atoms with Crippen LogP contribution in [0.2, 0.25) is 0 Å². The minimum absolute atomic E-state index is 0.397. The van der Waals surface area contributed by atoms with E-state index in [1.54, 1.807) is 7.11 Å². The molecule has 1 aliphatic heterocycles. The number of ether oxygens (including phenoxy) is 1. The minimum atomic E-state index is -0.407. The van der Waals surface area contributed by atoms with Crippen LogP contribution in [0, 0.1) is 6.92 Å². The lowest BCUT2D eigenvalue weighted by atomic mass is 9.94. The van der Waals surface area contributed by atoms with Gasteiger partial charge in [0.25, 0.3) is 0 Å². The first-order chi connectivity index (χ1) is 9.19. The molecule has 0 aromatic carbocycles. The molecule has 5 nitrogen and oxygen atoms in total. The van der Waals surface area contributed by atoms with Gasteiger partial charge in [-0.1, -0.05) is 0 Å². The van der Waals surface area contributed by atoms with Crippen molar-refractivity contribution in [3.63, 3.8) is 0 Å². The number of piperidine rings is 1. The fraction of sp³-hybridized carbons (Fsp3) is 0.714. The molecule has 1 saturated heterocycles. The zero-order valence-corrected chi connectivity index (χ0v) is 11.7. The number of aliphatic hydroxyl groups excluding tert-OH is 1. The molecule has 0 amide bonds. The SMILES string of the molecule is COC[C@@H](O)CN1CCCC(c2ccnc(C)n2)C1. The van der Waals surface area contributed by atoms with Crippen molar-refractivity contribution in [2.75, 3.05) is 33.4 Å². The van der Waals surface area contributed by atoms with Crippen LogP contribution in [0.1, 0.15) is 30.3 Å². The molecule has 2 rings (SSSR count). The lowest BCUT2D eigenvalue weighted by Crippen LogP contribution is -2.40. The number of nitrogens with zero attached hydrogens (tertiary/aromatic N) is 3. The number of β-amino-alcohol motifs (C(OH)–C–C–N with tert-alkyl or cyclic N) is 1. The van der Waals surface area contributed by atoms with Gasteiger partial charge in [0, 0.05) is 38.0 Å². The summed E-state index contributed by atoms with van der Waals surface area (Å²) in [6.07, 6.45) is 3.73. The van der Waals surface area contributed by atoms with E-state index in [9.17, 15) is 5.11 Å². The van der Waals surface area contributed by atoms with Crippen LogP contribution in [-0.4, -0.2) is 59.4 Å². The summed E-state index contributed by atoms with van der Waals surface area (Å²) in [6, 6.07) is 2.01. The number of likely N-dealkylation sites (tertiary alicyclic amines) is 1. The van der Waals surface area contributed by atoms with Gasteiger partial charge in [0.1, 0.15) is 5.82 Å². The van der Waals surface area contributed by atoms with Gasteiger partial charge in [-0.05, 0) is 32.4 Å². The Bertz CT molecular complexity index is 400. The monoisotopic (exact) mass is 265 g/mol. The van der Waals surface area contributed by atoms with Gasteiger partial charge in [-0.15, -0.1) is 0 Å². The minimum Gasteiger partial charge on any atom is -0.389 e. The number of methoxy groups -OCH3 is 1. The van der Waals surface area contributed by atoms with Gasteiger partial charge in [0.2, 0.25) is 0 Å². The summed E-state index contributed by atoms with van der Waals surface area (Å²) in [7, 11) is 1.62. The third-order valence-electron chi connectivity index (χ3n) is 3.55. The van der Waals surface area contributed by atoms with Crippen molar-refractivity contribution in [3.8, 4) is 0 Å². The normalized spacial score (nSPS) is 22.4. The zero-order chi connectivity index (χ0) is 13.7. The van der Waals surface area contributed by atoms with Crippen LogP contribution in [0.5, 0.6) is 0 Å². The third-order valence-corrected chi connectivity index (χ3v) is 3.55. The predicted molar refractivity (Wildman–Crippen MR) is 73.1 cm³/mol. The predicted octanol–water partition coefficient (Wildman–Crippen LogP) is 0.972. The van der Waals surface area contributed by atoms with Gasteiger partial charge in [0.15, 0.2) is 0 Å². The Morgan fingerprint density at radius 2 is 2.42 bits per heavy atom. The Kier molecular flexibility index (Phi) is 5.24. The molecule has 1 aromatic heterocycles. The Balaban J connectivity index is 1.93. The second-order valence-corrected chi connectivity index (χ2v) is 5.24. The van der Waals surface area contributed by atoms with Crippen molar-refractivity contribution < 1.29 is 9.84 Å². The van der Waals surface area contributed by atoms with E-state index in [0.29, 0.717) is 19.1 Å². The molecule has 2 atom stereocenters. The van der Waals surface area contributed by atoms with E-state index in [1.165, 1.54) is 0 Å². The maximum absolute atomic E-state index is 9.81. The summed E-state index contributed by atoms with van der Waals surface area (Å²) in [5.74, 6) is 1.28. The summed E-state index contributed by atoms with van der Waals surface area (Å²) in [4.78, 5) is 11.0. The van der Waals surface area contributed by atoms with Crippen LogP contribution in [0.25, 0.3) is 0 Å². The first-order valence-corrected chi connectivity index (χ1v) is 6.88. The molecular formula is C14H23N3O2. The summed E-state index contributed by atoms with van der Waals surface area (Å²) < 4.78 is 4.98. The molecule has 2 heterocycles. The lowest BCUT2D eigenvalue weighted by Gasteiger charge is -2.33. The van der Waals surface area contributed by atoms with Crippen molar-refractivity contribution in [2.45, 2.75) is 31.8 Å². The first kappa shape index (κ1) is 14.4. The summed E-state index contributed by atoms with van der Waals surface area (Å²) in [6.45, 7) is 4.99. The molecule has 0 spiro atoms. The van der Waals surface area contributed by atoms with E-state index in [-0.39, 0.29) is 0 Å². The van der Waals surface area contributed by atoms with Gasteiger partial charge in [-0.25, -0.2) is 9.97 Å². The van der Waals surface area contributed by atoms with Crippen LogP contribution >= 0.6 is 0 Å². The molecule has 1 unspecified atom stereocenters. The topological polar surface area (TPSA) is 58.5 Å². The molecule has 0 radical (unpaired) electrons. The van der Waals surface area contributed by atoms with Gasteiger partial charge in [-0.3, -0.25) is 0 Å². The maximum Gasteiger partial charge on any atom is 0.125 e. The van der Waals surface area contributed by atoms with Crippen LogP contribution in [-0.2, 0) is 4.74 Å². The highest BCUT2D eigenvalue weighted by Gasteiger charge is 2.23. The number of hydrogen-bond donors (Lipinski definition) is 1. The Labute approximate surface area is 114 Å². The number of rotatable bonds is 5. The van der Waals surface area contributed by atoms with E-state index < -0.39 is 6.10 Å². The van der Waals surface area contributed by atoms with Crippen LogP contribution in [0.15, 0.2) is 12.3 Å². The molecule has 0 aliphatic carbocycles. The molecule has 19 heavy (non-hydrogen) atoms. The molecule has 5 heteroatoms. The average molecular weight is 265 g/mol. The highest BCUT2D eigenvalue weighted by Crippen LogP contribution is 2.25. The largest absolute Gasteiger partial charge is 0.389 e. The molecular weight excluding hydrogens is 242 g/mol. The fourth-order valence-corrected chi connectivity index (χ4v) is 2.71. The number of aliphatic hydroxyl groups is 1. The molecule has 1 fully saturated rings. The van der Waals surface area contributed by atoms with E-state index in [4.69, 9.17) is 4.74 Å². The highest BCUT2D eigenvalue weighted by molar-refractivity contribution is 5.09. The standard InChI is InChI=1S/C14H23N3O2/c1-11-15-6-5-14(16-11)12-4-3-7-17(8-12)9-13(18)10-19-2/h5-6,12-13,18H,3-4,7-10H2,1-2H3/t12?,13-/m0/s1. The van der Waals surface area contributed by atoms with E-state index in [2.05, 4.69) is 14.9 Å². The highest BCUT2D eigenvalue weighted by atomic mass is 16.5. The zero-order valence-electron chi connectivity index (χ0n) is 11.7. The molecule has 106 valence electrons. The number of aryl methyl sites for hydroxylation is 1. The van der Waals surface area contributed by atoms with E-state index >= 15 is 0 Å². The van der Waals surface area contributed by atoms with Gasteiger partial charge in [-0.2, -0.15) is 0 Å². The molecule has 1 N–H and O–H groups in total. The third kappa shape index (κ3) is 4.23. The van der Waals surface area contributed by atoms with Crippen molar-refractivity contribution in [1.29, 1.82) is 0 Å². The van der Waals surface area contributed by atoms with Crippen LogP contribution in [0.4, 0.5) is 0 Å². The van der Waals surface area contributed by atoms with Crippen LogP contribution < -0.4 is 0 Å². The van der Waals surface area contributed by atoms with Gasteiger partial charge in [0.05, 0.1) is 12.7 Å². The van der Waals surface area contributed by atoms with Crippen molar-refractivity contribution in [3.05, 3.63) is 23.8 Å². The Morgan fingerprint density at radius 3 is 3.16 bits per heavy atom. The quantitative estimate of drug-likeness (QED) is 0.859. The number of hydrogen-bond acceptors (Lipinski definition) is 5. The lowest BCUT2D eigenvalue weighted by molar-refractivity contribution is 0.0311. The first-order valence-electron chi connectivity index (χ1n) is 6.88. The molecule has 0 saturated carbocycles. The van der Waals surface area contributed by atoms with Crippen LogP contribution in [0.3, 0.4) is 0 Å². The maximum atomic E-state index is 9.81. The van der Waals surface area contributed by atoms with Crippen molar-refractivity contribution in [1.82, 2.24) is 14.9 Å². The van der Waals surface area contributed by atoms with Gasteiger partial charge < -0.3 is 14.7 Å². The molecule has 1 aliphatic rings. The second-order valence-electron chi connectivity index (χ2n) is 5.24. The van der Waals surface area contributed by atoms with Crippen molar-refractivity contribution in [2.24, 2.45) is 0 Å². The number of aromatic nitrogens is 2. The van der Waals surface area contributed by atoms with E-state index in [0.717, 1.165) is 37.4 Å².